The molecule has 1 aromatic rings. The highest BCUT2D eigenvalue weighted by Crippen LogP contribution is 2.51. The summed E-state index contributed by atoms with van der Waals surface area (Å²) in [6.45, 7) is 4.72. The minimum absolute atomic E-state index is 0.0371. The van der Waals surface area contributed by atoms with Crippen molar-refractivity contribution in [3.05, 3.63) is 6.20 Å². The lowest BCUT2D eigenvalue weighted by Gasteiger charge is -2.06. The molecule has 3 N–H and O–H groups in total. The molecule has 0 amide bonds. The number of rotatable bonds is 4. The molecular formula is C10H18N4O2S. The zero-order valence-corrected chi connectivity index (χ0v) is 11.1. The highest BCUT2D eigenvalue weighted by atomic mass is 32.2. The standard InChI is InChI=1S/C10H18N4O2S/c1-10(2)4-7(10)5-12-17(15,16)8-6-14(3)13-9(8)11/h6-7,12H,4-5H2,1-3H3,(H2,11,13). The first-order valence-corrected chi connectivity index (χ1v) is 6.99. The average Bonchev–Trinajstić information content (AvgIpc) is 2.63. The van der Waals surface area contributed by atoms with E-state index < -0.39 is 10.0 Å². The number of nitrogens with two attached hydrogens (primary N) is 1. The SMILES string of the molecule is Cn1cc(S(=O)(=O)NCC2CC2(C)C)c(N)n1. The second-order valence-corrected chi connectivity index (χ2v) is 7.03. The number of aryl methyl sites for hydroxylation is 1. The molecule has 1 unspecified atom stereocenters. The molecule has 0 aromatic carbocycles. The third kappa shape index (κ3) is 2.44. The molecule has 1 aliphatic carbocycles. The Morgan fingerprint density at radius 2 is 2.24 bits per heavy atom. The van der Waals surface area contributed by atoms with Crippen LogP contribution in [0, 0.1) is 11.3 Å². The molecule has 0 aliphatic heterocycles. The molecule has 2 rings (SSSR count). The normalized spacial score (nSPS) is 22.6. The Kier molecular flexibility index (Phi) is 2.70. The molecule has 0 spiro atoms. The first-order valence-electron chi connectivity index (χ1n) is 5.51. The van der Waals surface area contributed by atoms with Gasteiger partial charge >= 0.3 is 0 Å². The Hall–Kier alpha value is -1.08. The van der Waals surface area contributed by atoms with Gasteiger partial charge in [-0.25, -0.2) is 13.1 Å². The van der Waals surface area contributed by atoms with Crippen LogP contribution < -0.4 is 10.5 Å². The fourth-order valence-corrected chi connectivity index (χ4v) is 3.09. The van der Waals surface area contributed by atoms with Gasteiger partial charge in [-0.05, 0) is 17.8 Å². The van der Waals surface area contributed by atoms with Gasteiger partial charge in [-0.3, -0.25) is 4.68 Å². The van der Waals surface area contributed by atoms with Crippen LogP contribution in [0.3, 0.4) is 0 Å². The summed E-state index contributed by atoms with van der Waals surface area (Å²) in [5.74, 6) is 0.449. The van der Waals surface area contributed by atoms with E-state index in [4.69, 9.17) is 5.73 Å². The second kappa shape index (κ2) is 3.71. The fraction of sp³-hybridized carbons (Fsp3) is 0.700. The van der Waals surface area contributed by atoms with E-state index in [1.165, 1.54) is 10.9 Å². The summed E-state index contributed by atoms with van der Waals surface area (Å²) in [5.41, 5.74) is 5.80. The zero-order chi connectivity index (χ0) is 12.8. The highest BCUT2D eigenvalue weighted by Gasteiger charge is 2.45. The maximum absolute atomic E-state index is 12.0. The Morgan fingerprint density at radius 3 is 2.65 bits per heavy atom. The van der Waals surface area contributed by atoms with Crippen molar-refractivity contribution in [1.29, 1.82) is 0 Å². The van der Waals surface area contributed by atoms with E-state index in [0.29, 0.717) is 12.5 Å². The van der Waals surface area contributed by atoms with Crippen LogP contribution in [0.2, 0.25) is 0 Å². The summed E-state index contributed by atoms with van der Waals surface area (Å²) >= 11 is 0. The van der Waals surface area contributed by atoms with Crippen molar-refractivity contribution in [2.24, 2.45) is 18.4 Å². The molecule has 17 heavy (non-hydrogen) atoms. The first-order chi connectivity index (χ1) is 7.72. The minimum Gasteiger partial charge on any atom is -0.381 e. The van der Waals surface area contributed by atoms with Crippen LogP contribution in [-0.2, 0) is 17.1 Å². The van der Waals surface area contributed by atoms with Crippen molar-refractivity contribution < 1.29 is 8.42 Å². The van der Waals surface area contributed by atoms with Gasteiger partial charge < -0.3 is 5.73 Å². The van der Waals surface area contributed by atoms with Crippen molar-refractivity contribution in [2.75, 3.05) is 12.3 Å². The molecule has 0 radical (unpaired) electrons. The Morgan fingerprint density at radius 1 is 1.65 bits per heavy atom. The molecular weight excluding hydrogens is 240 g/mol. The lowest BCUT2D eigenvalue weighted by atomic mass is 10.1. The summed E-state index contributed by atoms with van der Waals surface area (Å²) in [5, 5.41) is 3.82. The van der Waals surface area contributed by atoms with Crippen molar-refractivity contribution in [1.82, 2.24) is 14.5 Å². The largest absolute Gasteiger partial charge is 0.381 e. The van der Waals surface area contributed by atoms with Gasteiger partial charge in [0, 0.05) is 19.8 Å². The van der Waals surface area contributed by atoms with Gasteiger partial charge in [-0.2, -0.15) is 5.10 Å². The summed E-state index contributed by atoms with van der Waals surface area (Å²) in [7, 11) is -1.90. The summed E-state index contributed by atoms with van der Waals surface area (Å²) in [6.07, 6.45) is 2.47. The van der Waals surface area contributed by atoms with Gasteiger partial charge in [-0.15, -0.1) is 0 Å². The van der Waals surface area contributed by atoms with Gasteiger partial charge in [0.05, 0.1) is 0 Å². The van der Waals surface area contributed by atoms with Gasteiger partial charge in [0.15, 0.2) is 5.82 Å². The zero-order valence-electron chi connectivity index (χ0n) is 10.3. The summed E-state index contributed by atoms with van der Waals surface area (Å²) in [4.78, 5) is 0.0541. The third-order valence-electron chi connectivity index (χ3n) is 3.35. The quantitative estimate of drug-likeness (QED) is 0.814. The van der Waals surface area contributed by atoms with E-state index >= 15 is 0 Å². The maximum Gasteiger partial charge on any atom is 0.245 e. The van der Waals surface area contributed by atoms with Gasteiger partial charge in [0.2, 0.25) is 10.0 Å². The number of nitrogen functional groups attached to an aromatic ring is 1. The van der Waals surface area contributed by atoms with E-state index in [1.807, 2.05) is 0 Å². The molecule has 0 bridgehead atoms. The predicted octanol–water partition coefficient (Wildman–Crippen LogP) is 0.327. The van der Waals surface area contributed by atoms with E-state index in [-0.39, 0.29) is 16.1 Å². The van der Waals surface area contributed by atoms with Crippen LogP contribution >= 0.6 is 0 Å². The van der Waals surface area contributed by atoms with Gasteiger partial charge in [0.1, 0.15) is 4.90 Å². The molecule has 1 heterocycles. The van der Waals surface area contributed by atoms with Crippen molar-refractivity contribution in [3.8, 4) is 0 Å². The Labute approximate surface area is 101 Å². The molecule has 1 aromatic heterocycles. The van der Waals surface area contributed by atoms with Gasteiger partial charge in [-0.1, -0.05) is 13.8 Å². The molecule has 1 aliphatic rings. The number of hydrogen-bond donors (Lipinski definition) is 2. The lowest BCUT2D eigenvalue weighted by Crippen LogP contribution is -2.27. The molecule has 0 saturated heterocycles. The van der Waals surface area contributed by atoms with E-state index in [1.54, 1.807) is 7.05 Å². The van der Waals surface area contributed by atoms with Crippen LogP contribution in [0.25, 0.3) is 0 Å². The molecule has 6 nitrogen and oxygen atoms in total. The average molecular weight is 258 g/mol. The number of sulfonamides is 1. The summed E-state index contributed by atoms with van der Waals surface area (Å²) < 4.78 is 27.9. The smallest absolute Gasteiger partial charge is 0.245 e. The topological polar surface area (TPSA) is 90.0 Å². The summed E-state index contributed by atoms with van der Waals surface area (Å²) in [6, 6.07) is 0. The molecule has 1 saturated carbocycles. The highest BCUT2D eigenvalue weighted by molar-refractivity contribution is 7.89. The molecule has 1 fully saturated rings. The monoisotopic (exact) mass is 258 g/mol. The Bertz CT molecular complexity index is 533. The number of nitrogens with zero attached hydrogens (tertiary/aromatic N) is 2. The number of aromatic nitrogens is 2. The number of hydrogen-bond acceptors (Lipinski definition) is 4. The maximum atomic E-state index is 12.0. The van der Waals surface area contributed by atoms with Gasteiger partial charge in [0.25, 0.3) is 0 Å². The number of anilines is 1. The van der Waals surface area contributed by atoms with Crippen LogP contribution in [0.4, 0.5) is 5.82 Å². The molecule has 7 heteroatoms. The van der Waals surface area contributed by atoms with Crippen LogP contribution in [-0.4, -0.2) is 24.7 Å². The number of nitrogens with one attached hydrogen (secondary N) is 1. The Balaban J connectivity index is 2.07. The van der Waals surface area contributed by atoms with Crippen molar-refractivity contribution in [3.63, 3.8) is 0 Å². The lowest BCUT2D eigenvalue weighted by molar-refractivity contribution is 0.537. The first kappa shape index (κ1) is 12.4. The fourth-order valence-electron chi connectivity index (χ4n) is 1.90. The molecule has 96 valence electrons. The third-order valence-corrected chi connectivity index (χ3v) is 4.79. The predicted molar refractivity (Wildman–Crippen MR) is 64.7 cm³/mol. The van der Waals surface area contributed by atoms with Crippen LogP contribution in [0.15, 0.2) is 11.1 Å². The van der Waals surface area contributed by atoms with Crippen LogP contribution in [0.5, 0.6) is 0 Å². The molecule has 1 atom stereocenters. The van der Waals surface area contributed by atoms with E-state index in [0.717, 1.165) is 6.42 Å². The van der Waals surface area contributed by atoms with Crippen LogP contribution in [0.1, 0.15) is 20.3 Å². The van der Waals surface area contributed by atoms with Crippen molar-refractivity contribution in [2.45, 2.75) is 25.2 Å². The van der Waals surface area contributed by atoms with Crippen molar-refractivity contribution >= 4 is 15.8 Å². The second-order valence-electron chi connectivity index (χ2n) is 5.29. The minimum atomic E-state index is -3.53. The van der Waals surface area contributed by atoms with E-state index in [2.05, 4.69) is 23.7 Å². The van der Waals surface area contributed by atoms with E-state index in [9.17, 15) is 8.42 Å².